The van der Waals surface area contributed by atoms with E-state index in [0.29, 0.717) is 12.2 Å². The number of amides is 1. The minimum atomic E-state index is -0.242. The normalized spacial score (nSPS) is 10.2. The van der Waals surface area contributed by atoms with Gasteiger partial charge in [-0.1, -0.05) is 22.0 Å². The predicted octanol–water partition coefficient (Wildman–Crippen LogP) is 4.10. The molecule has 2 heterocycles. The molecule has 0 unspecified atom stereocenters. The lowest BCUT2D eigenvalue weighted by Crippen LogP contribution is -2.13. The number of hydrogen-bond acceptors (Lipinski definition) is 4. The molecule has 0 fully saturated rings. The van der Waals surface area contributed by atoms with E-state index in [0.717, 1.165) is 21.5 Å². The van der Waals surface area contributed by atoms with Crippen LogP contribution in [0.1, 0.15) is 16.2 Å². The van der Waals surface area contributed by atoms with E-state index >= 15 is 0 Å². The molecule has 6 heteroatoms. The third kappa shape index (κ3) is 4.39. The zero-order valence-electron chi connectivity index (χ0n) is 12.7. The maximum absolute atomic E-state index is 12.2. The molecular formula is C18H15BrN4O. The van der Waals surface area contributed by atoms with Gasteiger partial charge in [-0.2, -0.15) is 0 Å². The highest BCUT2D eigenvalue weighted by Gasteiger charge is 2.07. The summed E-state index contributed by atoms with van der Waals surface area (Å²) in [6, 6.07) is 16.7. The Labute approximate surface area is 148 Å². The van der Waals surface area contributed by atoms with Gasteiger partial charge in [0.15, 0.2) is 0 Å². The molecule has 2 N–H and O–H groups in total. The van der Waals surface area contributed by atoms with Crippen LogP contribution < -0.4 is 10.6 Å². The molecule has 120 valence electrons. The van der Waals surface area contributed by atoms with E-state index in [4.69, 9.17) is 0 Å². The van der Waals surface area contributed by atoms with E-state index in [1.165, 1.54) is 0 Å². The summed E-state index contributed by atoms with van der Waals surface area (Å²) in [5.41, 5.74) is 2.86. The van der Waals surface area contributed by atoms with Crippen molar-refractivity contribution in [3.63, 3.8) is 0 Å². The number of hydrogen-bond donors (Lipinski definition) is 2. The van der Waals surface area contributed by atoms with Gasteiger partial charge < -0.3 is 10.6 Å². The SMILES string of the molecule is O=C(Nc1ccc(Br)cc1)c1ccc(NCc2ccccn2)cn1. The van der Waals surface area contributed by atoms with Crippen LogP contribution >= 0.6 is 15.9 Å². The molecule has 3 aromatic rings. The maximum atomic E-state index is 12.2. The lowest BCUT2D eigenvalue weighted by molar-refractivity contribution is 0.102. The third-order valence-corrected chi connectivity index (χ3v) is 3.83. The van der Waals surface area contributed by atoms with Crippen LogP contribution in [0.15, 0.2) is 71.5 Å². The van der Waals surface area contributed by atoms with Gasteiger partial charge in [-0.3, -0.25) is 9.78 Å². The number of pyridine rings is 2. The zero-order chi connectivity index (χ0) is 16.8. The highest BCUT2D eigenvalue weighted by molar-refractivity contribution is 9.10. The Morgan fingerprint density at radius 2 is 1.75 bits per heavy atom. The smallest absolute Gasteiger partial charge is 0.274 e. The summed E-state index contributed by atoms with van der Waals surface area (Å²) in [7, 11) is 0. The maximum Gasteiger partial charge on any atom is 0.274 e. The van der Waals surface area contributed by atoms with E-state index in [2.05, 4.69) is 36.5 Å². The van der Waals surface area contributed by atoms with Gasteiger partial charge in [0.2, 0.25) is 0 Å². The van der Waals surface area contributed by atoms with Gasteiger partial charge >= 0.3 is 0 Å². The van der Waals surface area contributed by atoms with Crippen molar-refractivity contribution in [2.24, 2.45) is 0 Å². The van der Waals surface area contributed by atoms with Crippen LogP contribution in [0.3, 0.4) is 0 Å². The van der Waals surface area contributed by atoms with E-state index in [1.54, 1.807) is 18.5 Å². The Balaban J connectivity index is 1.59. The van der Waals surface area contributed by atoms with Crippen molar-refractivity contribution in [1.82, 2.24) is 9.97 Å². The van der Waals surface area contributed by atoms with Gasteiger partial charge in [-0.05, 0) is 48.5 Å². The lowest BCUT2D eigenvalue weighted by atomic mass is 10.2. The topological polar surface area (TPSA) is 66.9 Å². The quantitative estimate of drug-likeness (QED) is 0.696. The van der Waals surface area contributed by atoms with Gasteiger partial charge in [0.25, 0.3) is 5.91 Å². The van der Waals surface area contributed by atoms with E-state index in [1.807, 2.05) is 48.5 Å². The first-order valence-corrected chi connectivity index (χ1v) is 8.17. The molecule has 5 nitrogen and oxygen atoms in total. The molecule has 0 spiro atoms. The van der Waals surface area contributed by atoms with Crippen LogP contribution in [0.4, 0.5) is 11.4 Å². The van der Waals surface area contributed by atoms with Crippen LogP contribution in [0, 0.1) is 0 Å². The van der Waals surface area contributed by atoms with Gasteiger partial charge in [0.05, 0.1) is 24.1 Å². The second-order valence-electron chi connectivity index (χ2n) is 5.07. The van der Waals surface area contributed by atoms with Crippen molar-refractivity contribution < 1.29 is 4.79 Å². The number of aromatic nitrogens is 2. The summed E-state index contributed by atoms with van der Waals surface area (Å²) in [4.78, 5) is 20.6. The Hall–Kier alpha value is -2.73. The van der Waals surface area contributed by atoms with Crippen molar-refractivity contribution in [3.8, 4) is 0 Å². The Morgan fingerprint density at radius 1 is 0.958 bits per heavy atom. The van der Waals surface area contributed by atoms with Crippen molar-refractivity contribution in [2.45, 2.75) is 6.54 Å². The molecule has 0 aliphatic carbocycles. The average Bonchev–Trinajstić information content (AvgIpc) is 2.63. The second kappa shape index (κ2) is 7.70. The highest BCUT2D eigenvalue weighted by atomic mass is 79.9. The van der Waals surface area contributed by atoms with Crippen LogP contribution in [-0.2, 0) is 6.54 Å². The van der Waals surface area contributed by atoms with Gasteiger partial charge in [0.1, 0.15) is 5.69 Å². The Kier molecular flexibility index (Phi) is 5.18. The number of nitrogens with zero attached hydrogens (tertiary/aromatic N) is 2. The number of anilines is 2. The lowest BCUT2D eigenvalue weighted by Gasteiger charge is -2.07. The number of halogens is 1. The predicted molar refractivity (Wildman–Crippen MR) is 97.9 cm³/mol. The summed E-state index contributed by atoms with van der Waals surface area (Å²) in [6.07, 6.45) is 3.39. The molecular weight excluding hydrogens is 368 g/mol. The number of nitrogens with one attached hydrogen (secondary N) is 2. The monoisotopic (exact) mass is 382 g/mol. The largest absolute Gasteiger partial charge is 0.378 e. The number of carbonyl (C=O) groups excluding carboxylic acids is 1. The Morgan fingerprint density at radius 3 is 2.42 bits per heavy atom. The first-order chi connectivity index (χ1) is 11.7. The third-order valence-electron chi connectivity index (χ3n) is 3.30. The van der Waals surface area contributed by atoms with Crippen molar-refractivity contribution in [3.05, 3.63) is 82.9 Å². The molecule has 0 saturated carbocycles. The molecule has 0 saturated heterocycles. The molecule has 1 amide bonds. The van der Waals surface area contributed by atoms with Crippen LogP contribution in [0.5, 0.6) is 0 Å². The minimum absolute atomic E-state index is 0.242. The molecule has 0 aliphatic rings. The van der Waals surface area contributed by atoms with Crippen molar-refractivity contribution in [2.75, 3.05) is 10.6 Å². The second-order valence-corrected chi connectivity index (χ2v) is 5.98. The first kappa shape index (κ1) is 16.1. The fourth-order valence-corrected chi connectivity index (χ4v) is 2.32. The summed E-state index contributed by atoms with van der Waals surface area (Å²) in [5.74, 6) is -0.242. The molecule has 0 radical (unpaired) electrons. The average molecular weight is 383 g/mol. The summed E-state index contributed by atoms with van der Waals surface area (Å²) < 4.78 is 0.960. The number of rotatable bonds is 5. The standard InChI is InChI=1S/C18H15BrN4O/c19-13-4-6-14(7-5-13)23-18(24)17-9-8-16(12-22-17)21-11-15-3-1-2-10-20-15/h1-10,12,21H,11H2,(H,23,24). The molecule has 2 aromatic heterocycles. The highest BCUT2D eigenvalue weighted by Crippen LogP contribution is 2.15. The fraction of sp³-hybridized carbons (Fsp3) is 0.0556. The molecule has 1 aromatic carbocycles. The zero-order valence-corrected chi connectivity index (χ0v) is 14.3. The molecule has 0 bridgehead atoms. The summed E-state index contributed by atoms with van der Waals surface area (Å²) >= 11 is 3.36. The minimum Gasteiger partial charge on any atom is -0.378 e. The van der Waals surface area contributed by atoms with Gasteiger partial charge in [-0.15, -0.1) is 0 Å². The van der Waals surface area contributed by atoms with E-state index in [-0.39, 0.29) is 5.91 Å². The molecule has 0 atom stereocenters. The van der Waals surface area contributed by atoms with Gasteiger partial charge in [0, 0.05) is 16.4 Å². The van der Waals surface area contributed by atoms with Crippen LogP contribution in [0.2, 0.25) is 0 Å². The van der Waals surface area contributed by atoms with Crippen LogP contribution in [0.25, 0.3) is 0 Å². The Bertz CT molecular complexity index is 805. The van der Waals surface area contributed by atoms with Gasteiger partial charge in [-0.25, -0.2) is 4.98 Å². The van der Waals surface area contributed by atoms with E-state index < -0.39 is 0 Å². The molecule has 24 heavy (non-hydrogen) atoms. The molecule has 3 rings (SSSR count). The number of benzene rings is 1. The molecule has 0 aliphatic heterocycles. The summed E-state index contributed by atoms with van der Waals surface area (Å²) in [6.45, 7) is 0.604. The van der Waals surface area contributed by atoms with Crippen LogP contribution in [-0.4, -0.2) is 15.9 Å². The van der Waals surface area contributed by atoms with E-state index in [9.17, 15) is 4.79 Å². The van der Waals surface area contributed by atoms with Crippen molar-refractivity contribution in [1.29, 1.82) is 0 Å². The fourth-order valence-electron chi connectivity index (χ4n) is 2.06. The number of carbonyl (C=O) groups is 1. The van der Waals surface area contributed by atoms with Crippen molar-refractivity contribution >= 4 is 33.2 Å². The summed E-state index contributed by atoms with van der Waals surface area (Å²) in [5, 5.41) is 6.03. The first-order valence-electron chi connectivity index (χ1n) is 7.37.